The fourth-order valence-electron chi connectivity index (χ4n) is 4.54. The van der Waals surface area contributed by atoms with Crippen LogP contribution in [0.4, 0.5) is 4.79 Å². The summed E-state index contributed by atoms with van der Waals surface area (Å²) in [5, 5.41) is 2.69. The van der Waals surface area contributed by atoms with Crippen molar-refractivity contribution in [3.63, 3.8) is 0 Å². The summed E-state index contributed by atoms with van der Waals surface area (Å²) in [6, 6.07) is 22.0. The van der Waals surface area contributed by atoms with Crippen LogP contribution in [0.5, 0.6) is 5.75 Å². The molecule has 2 unspecified atom stereocenters. The van der Waals surface area contributed by atoms with Crippen molar-refractivity contribution in [3.05, 3.63) is 89.5 Å². The van der Waals surface area contributed by atoms with Crippen molar-refractivity contribution in [2.45, 2.75) is 38.1 Å². The van der Waals surface area contributed by atoms with Gasteiger partial charge in [-0.1, -0.05) is 74.0 Å². The number of carbonyl (C=O) groups excluding carboxylic acids is 2. The average molecular weight is 552 g/mol. The van der Waals surface area contributed by atoms with Gasteiger partial charge in [-0.2, -0.15) is 0 Å². The summed E-state index contributed by atoms with van der Waals surface area (Å²) in [4.78, 5) is 25.8. The number of hydrogen-bond donors (Lipinski definition) is 1. The zero-order valence-electron chi connectivity index (χ0n) is 22.4. The Labute approximate surface area is 229 Å². The normalized spacial score (nSPS) is 14.4. The molecular weight excluding hydrogens is 517 g/mol. The molecule has 0 saturated carbocycles. The largest absolute Gasteiger partial charge is 0.464 e. The van der Waals surface area contributed by atoms with Crippen LogP contribution >= 0.6 is 7.60 Å². The van der Waals surface area contributed by atoms with E-state index in [4.69, 9.17) is 18.5 Å². The minimum absolute atomic E-state index is 0.0905. The Kier molecular flexibility index (Phi) is 9.44. The maximum atomic E-state index is 12.9. The number of esters is 1. The Balaban J connectivity index is 1.42. The second kappa shape index (κ2) is 13.0. The van der Waals surface area contributed by atoms with E-state index in [2.05, 4.69) is 17.4 Å². The SMILES string of the molecule is CCCCOC(=O)C(Cc1ccc(OP(C)(=O)OC)cc1)NC(=O)OCC1c2ccccc2-c2ccccc21. The summed E-state index contributed by atoms with van der Waals surface area (Å²) >= 11 is 0. The zero-order valence-corrected chi connectivity index (χ0v) is 23.3. The van der Waals surface area contributed by atoms with Crippen molar-refractivity contribution in [2.24, 2.45) is 0 Å². The van der Waals surface area contributed by atoms with Gasteiger partial charge in [0.1, 0.15) is 18.4 Å². The summed E-state index contributed by atoms with van der Waals surface area (Å²) in [5.41, 5.74) is 5.24. The molecule has 1 aliphatic carbocycles. The Morgan fingerprint density at radius 1 is 0.923 bits per heavy atom. The highest BCUT2D eigenvalue weighted by atomic mass is 31.2. The highest BCUT2D eigenvalue weighted by molar-refractivity contribution is 7.53. The Hall–Kier alpha value is -3.61. The number of benzene rings is 3. The summed E-state index contributed by atoms with van der Waals surface area (Å²) < 4.78 is 33.4. The minimum atomic E-state index is -3.19. The molecule has 0 saturated heterocycles. The van der Waals surface area contributed by atoms with E-state index in [1.165, 1.54) is 13.8 Å². The number of hydrogen-bond acceptors (Lipinski definition) is 7. The fourth-order valence-corrected chi connectivity index (χ4v) is 5.12. The first-order valence-electron chi connectivity index (χ1n) is 13.0. The molecule has 0 radical (unpaired) electrons. The van der Waals surface area contributed by atoms with Crippen LogP contribution in [0.3, 0.4) is 0 Å². The first kappa shape index (κ1) is 28.4. The van der Waals surface area contributed by atoms with Gasteiger partial charge in [-0.15, -0.1) is 0 Å². The van der Waals surface area contributed by atoms with Crippen molar-refractivity contribution in [2.75, 3.05) is 27.0 Å². The molecule has 0 spiro atoms. The second-order valence-electron chi connectivity index (χ2n) is 9.44. The number of rotatable bonds is 12. The van der Waals surface area contributed by atoms with Crippen LogP contribution in [0.15, 0.2) is 72.8 Å². The number of ether oxygens (including phenoxy) is 2. The van der Waals surface area contributed by atoms with E-state index in [0.717, 1.165) is 40.7 Å². The summed E-state index contributed by atoms with van der Waals surface area (Å²) in [6.45, 7) is 3.79. The van der Waals surface area contributed by atoms with Crippen LogP contribution in [0.1, 0.15) is 42.4 Å². The molecule has 3 aromatic carbocycles. The van der Waals surface area contributed by atoms with Gasteiger partial charge in [-0.05, 0) is 46.4 Å². The third kappa shape index (κ3) is 7.28. The van der Waals surface area contributed by atoms with E-state index in [1.54, 1.807) is 24.3 Å². The van der Waals surface area contributed by atoms with Gasteiger partial charge >= 0.3 is 19.7 Å². The lowest BCUT2D eigenvalue weighted by molar-refractivity contribution is -0.146. The number of amides is 1. The maximum absolute atomic E-state index is 12.9. The van der Waals surface area contributed by atoms with Crippen LogP contribution in [0.25, 0.3) is 11.1 Å². The van der Waals surface area contributed by atoms with Crippen LogP contribution in [0, 0.1) is 0 Å². The molecule has 8 nitrogen and oxygen atoms in total. The monoisotopic (exact) mass is 551 g/mol. The first-order valence-corrected chi connectivity index (χ1v) is 15.0. The van der Waals surface area contributed by atoms with E-state index in [-0.39, 0.29) is 25.6 Å². The second-order valence-corrected chi connectivity index (χ2v) is 11.5. The van der Waals surface area contributed by atoms with Crippen molar-refractivity contribution in [3.8, 4) is 16.9 Å². The molecule has 4 rings (SSSR count). The average Bonchev–Trinajstić information content (AvgIpc) is 3.26. The predicted molar refractivity (Wildman–Crippen MR) is 149 cm³/mol. The molecule has 1 N–H and O–H groups in total. The lowest BCUT2D eigenvalue weighted by Crippen LogP contribution is -2.44. The Bertz CT molecular complexity index is 1300. The van der Waals surface area contributed by atoms with Gasteiger partial charge in [0.2, 0.25) is 0 Å². The topological polar surface area (TPSA) is 100 Å². The molecule has 0 fully saturated rings. The van der Waals surface area contributed by atoms with Crippen LogP contribution in [-0.2, 0) is 29.8 Å². The summed E-state index contributed by atoms with van der Waals surface area (Å²) in [6.07, 6.45) is 1.10. The summed E-state index contributed by atoms with van der Waals surface area (Å²) in [7, 11) is -1.88. The van der Waals surface area contributed by atoms with Crippen molar-refractivity contribution in [1.29, 1.82) is 0 Å². The molecular formula is C30H34NO7P. The van der Waals surface area contributed by atoms with Crippen LogP contribution in [-0.4, -0.2) is 45.1 Å². The first-order chi connectivity index (χ1) is 18.8. The number of nitrogens with one attached hydrogen (secondary N) is 1. The molecule has 0 heterocycles. The lowest BCUT2D eigenvalue weighted by atomic mass is 9.98. The van der Waals surface area contributed by atoms with Crippen molar-refractivity contribution < 1.29 is 32.7 Å². The van der Waals surface area contributed by atoms with Gasteiger partial charge in [0, 0.05) is 26.1 Å². The molecule has 206 valence electrons. The molecule has 1 aliphatic rings. The highest BCUT2D eigenvalue weighted by Gasteiger charge is 2.30. The molecule has 3 aromatic rings. The third-order valence-electron chi connectivity index (χ3n) is 6.63. The maximum Gasteiger partial charge on any atom is 0.407 e. The fraction of sp³-hybridized carbons (Fsp3) is 0.333. The number of unbranched alkanes of at least 4 members (excludes halogenated alkanes) is 1. The number of carbonyl (C=O) groups is 2. The van der Waals surface area contributed by atoms with E-state index >= 15 is 0 Å². The molecule has 2 atom stereocenters. The van der Waals surface area contributed by atoms with Gasteiger partial charge in [0.05, 0.1) is 6.61 Å². The zero-order chi connectivity index (χ0) is 27.8. The van der Waals surface area contributed by atoms with Crippen LogP contribution in [0.2, 0.25) is 0 Å². The van der Waals surface area contributed by atoms with E-state index in [9.17, 15) is 14.2 Å². The van der Waals surface area contributed by atoms with Gasteiger partial charge in [0.25, 0.3) is 0 Å². The highest BCUT2D eigenvalue weighted by Crippen LogP contribution is 2.45. The number of alkyl carbamates (subject to hydrolysis) is 1. The van der Waals surface area contributed by atoms with Gasteiger partial charge in [-0.3, -0.25) is 0 Å². The molecule has 1 amide bonds. The molecule has 9 heteroatoms. The quantitative estimate of drug-likeness (QED) is 0.160. The summed E-state index contributed by atoms with van der Waals surface area (Å²) in [5.74, 6) is -0.250. The smallest absolute Gasteiger partial charge is 0.407 e. The number of fused-ring (bicyclic) bond motifs is 3. The van der Waals surface area contributed by atoms with Gasteiger partial charge in [-0.25, -0.2) is 14.2 Å². The molecule has 0 bridgehead atoms. The Morgan fingerprint density at radius 3 is 2.13 bits per heavy atom. The van der Waals surface area contributed by atoms with Crippen molar-refractivity contribution in [1.82, 2.24) is 5.32 Å². The van der Waals surface area contributed by atoms with E-state index in [1.807, 2.05) is 43.3 Å². The Morgan fingerprint density at radius 2 is 1.54 bits per heavy atom. The standard InChI is InChI=1S/C30H34NO7P/c1-4-5-18-36-29(32)28(19-21-14-16-22(17-15-21)38-39(3,34)35-2)31-30(33)37-20-27-25-12-8-6-10-23(25)24-11-7-9-13-26(24)27/h6-17,27-28H,4-5,18-20H2,1-3H3,(H,31,33). The predicted octanol–water partition coefficient (Wildman–Crippen LogP) is 6.33. The van der Waals surface area contributed by atoms with Gasteiger partial charge in [0.15, 0.2) is 0 Å². The molecule has 39 heavy (non-hydrogen) atoms. The van der Waals surface area contributed by atoms with Crippen LogP contribution < -0.4 is 9.84 Å². The van der Waals surface area contributed by atoms with E-state index in [0.29, 0.717) is 5.75 Å². The third-order valence-corrected chi connectivity index (χ3v) is 7.83. The lowest BCUT2D eigenvalue weighted by Gasteiger charge is -2.19. The molecule has 0 aliphatic heterocycles. The van der Waals surface area contributed by atoms with E-state index < -0.39 is 25.7 Å². The van der Waals surface area contributed by atoms with Gasteiger partial charge < -0.3 is 23.8 Å². The molecule has 0 aromatic heterocycles. The minimum Gasteiger partial charge on any atom is -0.464 e. The van der Waals surface area contributed by atoms with Crippen molar-refractivity contribution >= 4 is 19.7 Å².